The van der Waals surface area contributed by atoms with E-state index in [2.05, 4.69) is 42.5 Å². The van der Waals surface area contributed by atoms with E-state index in [4.69, 9.17) is 4.42 Å². The summed E-state index contributed by atoms with van der Waals surface area (Å²) in [5, 5.41) is 3.38. The van der Waals surface area contributed by atoms with Gasteiger partial charge >= 0.3 is 0 Å². The first-order chi connectivity index (χ1) is 9.26. The van der Waals surface area contributed by atoms with Crippen LogP contribution in [0.1, 0.15) is 32.2 Å². The van der Waals surface area contributed by atoms with Gasteiger partial charge in [0.15, 0.2) is 5.76 Å². The molecule has 3 nitrogen and oxygen atoms in total. The topological polar surface area (TPSA) is 38.1 Å². The summed E-state index contributed by atoms with van der Waals surface area (Å²) in [4.78, 5) is 5.59. The standard InChI is InChI=1S/C15H20N2OS/c1-4-9-16-11(2)15-17-10-13(18-15)12-7-5-6-8-14(12)19-3/h5-8,10-11,16H,4,9H2,1-3H3. The molecule has 0 spiro atoms. The molecule has 0 aliphatic heterocycles. The van der Waals surface area contributed by atoms with Crippen molar-refractivity contribution in [1.29, 1.82) is 0 Å². The molecule has 2 aromatic rings. The van der Waals surface area contributed by atoms with Crippen molar-refractivity contribution in [1.82, 2.24) is 10.3 Å². The van der Waals surface area contributed by atoms with E-state index in [1.807, 2.05) is 18.3 Å². The predicted molar refractivity (Wildman–Crippen MR) is 80.4 cm³/mol. The molecule has 0 bridgehead atoms. The van der Waals surface area contributed by atoms with Crippen LogP contribution in [0.3, 0.4) is 0 Å². The van der Waals surface area contributed by atoms with Gasteiger partial charge in [-0.1, -0.05) is 25.1 Å². The molecule has 1 heterocycles. The summed E-state index contributed by atoms with van der Waals surface area (Å²) in [6.07, 6.45) is 4.99. The first-order valence-electron chi connectivity index (χ1n) is 6.58. The first kappa shape index (κ1) is 14.2. The zero-order valence-corrected chi connectivity index (χ0v) is 12.5. The molecule has 4 heteroatoms. The molecule has 1 aromatic heterocycles. The fraction of sp³-hybridized carbons (Fsp3) is 0.400. The number of nitrogens with one attached hydrogen (secondary N) is 1. The summed E-state index contributed by atoms with van der Waals surface area (Å²) in [6.45, 7) is 5.20. The molecule has 102 valence electrons. The molecule has 0 saturated carbocycles. The highest BCUT2D eigenvalue weighted by molar-refractivity contribution is 7.98. The van der Waals surface area contributed by atoms with Gasteiger partial charge in [-0.2, -0.15) is 0 Å². The lowest BCUT2D eigenvalue weighted by Gasteiger charge is -2.08. The van der Waals surface area contributed by atoms with Crippen molar-refractivity contribution in [2.45, 2.75) is 31.2 Å². The lowest BCUT2D eigenvalue weighted by molar-refractivity contribution is 0.423. The van der Waals surface area contributed by atoms with Crippen LogP contribution in [-0.2, 0) is 0 Å². The summed E-state index contributed by atoms with van der Waals surface area (Å²) in [7, 11) is 0. The van der Waals surface area contributed by atoms with Crippen molar-refractivity contribution in [2.24, 2.45) is 0 Å². The lowest BCUT2D eigenvalue weighted by Crippen LogP contribution is -2.19. The number of oxazole rings is 1. The molecule has 1 aromatic carbocycles. The quantitative estimate of drug-likeness (QED) is 0.805. The van der Waals surface area contributed by atoms with E-state index in [0.29, 0.717) is 0 Å². The van der Waals surface area contributed by atoms with Crippen molar-refractivity contribution in [3.05, 3.63) is 36.4 Å². The minimum atomic E-state index is 0.148. The summed E-state index contributed by atoms with van der Waals surface area (Å²) in [5.41, 5.74) is 1.11. The van der Waals surface area contributed by atoms with Gasteiger partial charge in [-0.25, -0.2) is 4.98 Å². The molecule has 0 aliphatic carbocycles. The van der Waals surface area contributed by atoms with Crippen LogP contribution in [0, 0.1) is 0 Å². The number of aromatic nitrogens is 1. The molecule has 2 rings (SSSR count). The summed E-state index contributed by atoms with van der Waals surface area (Å²) < 4.78 is 5.88. The molecule has 0 radical (unpaired) electrons. The second-order valence-corrected chi connectivity index (χ2v) is 5.29. The van der Waals surface area contributed by atoms with Gasteiger partial charge in [0.1, 0.15) is 0 Å². The van der Waals surface area contributed by atoms with Crippen molar-refractivity contribution in [3.63, 3.8) is 0 Å². The van der Waals surface area contributed by atoms with Crippen LogP contribution in [0.4, 0.5) is 0 Å². The Bertz CT molecular complexity index is 524. The van der Waals surface area contributed by atoms with E-state index in [1.54, 1.807) is 11.8 Å². The maximum atomic E-state index is 5.88. The number of benzene rings is 1. The highest BCUT2D eigenvalue weighted by Gasteiger charge is 2.14. The van der Waals surface area contributed by atoms with Gasteiger partial charge in [-0.3, -0.25) is 0 Å². The van der Waals surface area contributed by atoms with E-state index < -0.39 is 0 Å². The molecule has 1 N–H and O–H groups in total. The minimum absolute atomic E-state index is 0.148. The van der Waals surface area contributed by atoms with Gasteiger partial charge in [0, 0.05) is 10.5 Å². The van der Waals surface area contributed by atoms with Crippen LogP contribution < -0.4 is 5.32 Å². The molecule has 0 amide bonds. The van der Waals surface area contributed by atoms with Gasteiger partial charge in [0.2, 0.25) is 5.89 Å². The third-order valence-electron chi connectivity index (χ3n) is 2.97. The molecule has 1 atom stereocenters. The Hall–Kier alpha value is -1.26. The van der Waals surface area contributed by atoms with Crippen molar-refractivity contribution in [2.75, 3.05) is 12.8 Å². The molecular weight excluding hydrogens is 256 g/mol. The van der Waals surface area contributed by atoms with Gasteiger partial charge in [0.05, 0.1) is 12.2 Å². The monoisotopic (exact) mass is 276 g/mol. The maximum absolute atomic E-state index is 5.88. The van der Waals surface area contributed by atoms with Crippen LogP contribution in [0.5, 0.6) is 0 Å². The Morgan fingerprint density at radius 3 is 2.89 bits per heavy atom. The molecule has 0 fully saturated rings. The minimum Gasteiger partial charge on any atom is -0.439 e. The highest BCUT2D eigenvalue weighted by Crippen LogP contribution is 2.31. The zero-order chi connectivity index (χ0) is 13.7. The van der Waals surface area contributed by atoms with Crippen molar-refractivity contribution < 1.29 is 4.42 Å². The average molecular weight is 276 g/mol. The Kier molecular flexibility index (Phi) is 5.05. The maximum Gasteiger partial charge on any atom is 0.211 e. The van der Waals surface area contributed by atoms with Gasteiger partial charge < -0.3 is 9.73 Å². The average Bonchev–Trinajstić information content (AvgIpc) is 2.94. The molecule has 1 unspecified atom stereocenters. The SMILES string of the molecule is CCCNC(C)c1ncc(-c2ccccc2SC)o1. The second kappa shape index (κ2) is 6.78. The lowest BCUT2D eigenvalue weighted by atomic mass is 10.2. The van der Waals surface area contributed by atoms with E-state index in [-0.39, 0.29) is 6.04 Å². The van der Waals surface area contributed by atoms with E-state index in [9.17, 15) is 0 Å². The fourth-order valence-electron chi connectivity index (χ4n) is 1.91. The Labute approximate surface area is 118 Å². The van der Waals surface area contributed by atoms with E-state index >= 15 is 0 Å². The van der Waals surface area contributed by atoms with Gasteiger partial charge in [-0.05, 0) is 32.2 Å². The van der Waals surface area contributed by atoms with E-state index in [0.717, 1.165) is 30.2 Å². The third-order valence-corrected chi connectivity index (χ3v) is 3.76. The van der Waals surface area contributed by atoms with Crippen molar-refractivity contribution in [3.8, 4) is 11.3 Å². The Morgan fingerprint density at radius 2 is 2.16 bits per heavy atom. The first-order valence-corrected chi connectivity index (χ1v) is 7.81. The molecular formula is C15H20N2OS. The fourth-order valence-corrected chi connectivity index (χ4v) is 2.51. The van der Waals surface area contributed by atoms with Crippen LogP contribution in [0.2, 0.25) is 0 Å². The summed E-state index contributed by atoms with van der Waals surface area (Å²) >= 11 is 1.72. The largest absolute Gasteiger partial charge is 0.439 e. The summed E-state index contributed by atoms with van der Waals surface area (Å²) in [5.74, 6) is 1.59. The van der Waals surface area contributed by atoms with Gasteiger partial charge in [-0.15, -0.1) is 11.8 Å². The normalized spacial score (nSPS) is 12.6. The van der Waals surface area contributed by atoms with Crippen LogP contribution in [0.25, 0.3) is 11.3 Å². The Morgan fingerprint density at radius 1 is 1.37 bits per heavy atom. The van der Waals surface area contributed by atoms with Crippen LogP contribution in [-0.4, -0.2) is 17.8 Å². The van der Waals surface area contributed by atoms with Crippen molar-refractivity contribution >= 4 is 11.8 Å². The second-order valence-electron chi connectivity index (χ2n) is 4.44. The number of hydrogen-bond donors (Lipinski definition) is 1. The number of thioether (sulfide) groups is 1. The smallest absolute Gasteiger partial charge is 0.211 e. The highest BCUT2D eigenvalue weighted by atomic mass is 32.2. The van der Waals surface area contributed by atoms with Crippen LogP contribution in [0.15, 0.2) is 39.8 Å². The number of nitrogens with zero attached hydrogens (tertiary/aromatic N) is 1. The molecule has 19 heavy (non-hydrogen) atoms. The predicted octanol–water partition coefficient (Wildman–Crippen LogP) is 4.12. The molecule has 0 aliphatic rings. The Balaban J connectivity index is 2.20. The number of rotatable bonds is 6. The van der Waals surface area contributed by atoms with Crippen LogP contribution >= 0.6 is 11.8 Å². The zero-order valence-electron chi connectivity index (χ0n) is 11.6. The third kappa shape index (κ3) is 3.39. The van der Waals surface area contributed by atoms with Gasteiger partial charge in [0.25, 0.3) is 0 Å². The summed E-state index contributed by atoms with van der Waals surface area (Å²) in [6, 6.07) is 8.38. The number of hydrogen-bond acceptors (Lipinski definition) is 4. The van der Waals surface area contributed by atoms with E-state index in [1.165, 1.54) is 4.90 Å². The molecule has 0 saturated heterocycles.